The molecular formula is C23H24N4O2. The Bertz CT molecular complexity index is 1090. The highest BCUT2D eigenvalue weighted by Gasteiger charge is 2.36. The van der Waals surface area contributed by atoms with Crippen LogP contribution in [0.5, 0.6) is 0 Å². The van der Waals surface area contributed by atoms with E-state index in [-0.39, 0.29) is 11.9 Å². The summed E-state index contributed by atoms with van der Waals surface area (Å²) in [6.07, 6.45) is 3.17. The minimum Gasteiger partial charge on any atom is -0.385 e. The van der Waals surface area contributed by atoms with Crippen molar-refractivity contribution in [2.45, 2.75) is 44.8 Å². The van der Waals surface area contributed by atoms with E-state index in [2.05, 4.69) is 16.4 Å². The molecule has 1 amide bonds. The van der Waals surface area contributed by atoms with E-state index in [9.17, 15) is 15.2 Å². The maximum absolute atomic E-state index is 13.0. The van der Waals surface area contributed by atoms with Crippen LogP contribution in [0.4, 0.5) is 5.95 Å². The number of amides is 1. The van der Waals surface area contributed by atoms with Gasteiger partial charge in [-0.15, -0.1) is 0 Å². The molecule has 1 aliphatic carbocycles. The lowest BCUT2D eigenvalue weighted by atomic mass is 9.83. The van der Waals surface area contributed by atoms with Crippen molar-refractivity contribution in [3.05, 3.63) is 59.7 Å². The number of imidazole rings is 1. The van der Waals surface area contributed by atoms with Gasteiger partial charge in [0, 0.05) is 6.04 Å². The number of aromatic nitrogens is 2. The van der Waals surface area contributed by atoms with Gasteiger partial charge in [0.25, 0.3) is 0 Å². The number of fused-ring (bicyclic) bond motifs is 1. The summed E-state index contributed by atoms with van der Waals surface area (Å²) < 4.78 is 2.03. The highest BCUT2D eigenvalue weighted by molar-refractivity contribution is 5.94. The molecule has 2 N–H and O–H groups in total. The Balaban J connectivity index is 1.66. The van der Waals surface area contributed by atoms with Crippen molar-refractivity contribution in [1.82, 2.24) is 9.55 Å². The van der Waals surface area contributed by atoms with Crippen molar-refractivity contribution in [1.29, 1.82) is 5.26 Å². The molecule has 1 heterocycles. The summed E-state index contributed by atoms with van der Waals surface area (Å²) >= 11 is 0. The van der Waals surface area contributed by atoms with Crippen molar-refractivity contribution >= 4 is 22.9 Å². The Morgan fingerprint density at radius 3 is 2.66 bits per heavy atom. The summed E-state index contributed by atoms with van der Waals surface area (Å²) in [7, 11) is 0. The molecule has 2 atom stereocenters. The second-order valence-corrected chi connectivity index (χ2v) is 7.93. The van der Waals surface area contributed by atoms with Gasteiger partial charge in [-0.1, -0.05) is 37.3 Å². The summed E-state index contributed by atoms with van der Waals surface area (Å²) in [4.78, 5) is 17.6. The van der Waals surface area contributed by atoms with E-state index in [1.165, 1.54) is 0 Å². The standard InChI is InChI=1S/C23H24N4O2/c1-15(23(2,29)17-7-4-3-5-8-17)21(28)26-22-25-19-12-11-16(14-24)13-20(19)27(22)18-9-6-10-18/h3-5,7-8,11-13,15,18,29H,6,9-10H2,1-2H3,(H,25,26,28)/t15-,23+/m1/s1. The van der Waals surface area contributed by atoms with Crippen LogP contribution in [0, 0.1) is 17.2 Å². The van der Waals surface area contributed by atoms with Gasteiger partial charge in [-0.3, -0.25) is 10.1 Å². The molecule has 3 aromatic rings. The van der Waals surface area contributed by atoms with Crippen LogP contribution in [-0.2, 0) is 10.4 Å². The van der Waals surface area contributed by atoms with Gasteiger partial charge in [0.15, 0.2) is 0 Å². The maximum atomic E-state index is 13.0. The second kappa shape index (κ2) is 7.34. The lowest BCUT2D eigenvalue weighted by Crippen LogP contribution is -2.39. The topological polar surface area (TPSA) is 90.9 Å². The van der Waals surface area contributed by atoms with Gasteiger partial charge in [-0.05, 0) is 49.9 Å². The van der Waals surface area contributed by atoms with Crippen LogP contribution < -0.4 is 5.32 Å². The molecule has 2 aromatic carbocycles. The Hall–Kier alpha value is -3.17. The Morgan fingerprint density at radius 2 is 2.03 bits per heavy atom. The fourth-order valence-corrected chi connectivity index (χ4v) is 3.76. The van der Waals surface area contributed by atoms with Crippen LogP contribution in [-0.4, -0.2) is 20.6 Å². The minimum atomic E-state index is -1.31. The molecule has 148 valence electrons. The number of carbonyl (C=O) groups excluding carboxylic acids is 1. The highest BCUT2D eigenvalue weighted by atomic mass is 16.3. The van der Waals surface area contributed by atoms with Crippen molar-refractivity contribution in [3.63, 3.8) is 0 Å². The summed E-state index contributed by atoms with van der Waals surface area (Å²) in [6.45, 7) is 3.37. The lowest BCUT2D eigenvalue weighted by molar-refractivity contribution is -0.127. The van der Waals surface area contributed by atoms with Crippen molar-refractivity contribution in [2.75, 3.05) is 5.32 Å². The molecule has 6 nitrogen and oxygen atoms in total. The fourth-order valence-electron chi connectivity index (χ4n) is 3.76. The summed E-state index contributed by atoms with van der Waals surface area (Å²) in [5.41, 5.74) is 1.54. The molecule has 29 heavy (non-hydrogen) atoms. The largest absolute Gasteiger partial charge is 0.385 e. The number of nitriles is 1. The van der Waals surface area contributed by atoms with E-state index < -0.39 is 11.5 Å². The maximum Gasteiger partial charge on any atom is 0.232 e. The first-order valence-electron chi connectivity index (χ1n) is 9.92. The van der Waals surface area contributed by atoms with Crippen LogP contribution in [0.2, 0.25) is 0 Å². The average molecular weight is 388 g/mol. The minimum absolute atomic E-state index is 0.259. The third-order valence-corrected chi connectivity index (χ3v) is 6.09. The predicted molar refractivity (Wildman–Crippen MR) is 111 cm³/mol. The fraction of sp³-hybridized carbons (Fsp3) is 0.348. The molecule has 0 saturated heterocycles. The number of rotatable bonds is 5. The molecule has 0 aliphatic heterocycles. The quantitative estimate of drug-likeness (QED) is 0.688. The third-order valence-electron chi connectivity index (χ3n) is 6.09. The number of hydrogen-bond acceptors (Lipinski definition) is 4. The number of hydrogen-bond donors (Lipinski definition) is 2. The Labute approximate surface area is 169 Å². The average Bonchev–Trinajstić information content (AvgIpc) is 3.03. The Kier molecular flexibility index (Phi) is 4.85. The zero-order valence-corrected chi connectivity index (χ0v) is 16.6. The highest BCUT2D eigenvalue weighted by Crippen LogP contribution is 2.38. The van der Waals surface area contributed by atoms with Gasteiger partial charge >= 0.3 is 0 Å². The first kappa shape index (κ1) is 19.2. The predicted octanol–water partition coefficient (Wildman–Crippen LogP) is 4.12. The van der Waals surface area contributed by atoms with Crippen LogP contribution in [0.25, 0.3) is 11.0 Å². The summed E-state index contributed by atoms with van der Waals surface area (Å²) in [5, 5.41) is 23.2. The van der Waals surface area contributed by atoms with E-state index in [4.69, 9.17) is 0 Å². The van der Waals surface area contributed by atoms with E-state index in [1.807, 2.05) is 47.0 Å². The Morgan fingerprint density at radius 1 is 1.31 bits per heavy atom. The molecule has 1 fully saturated rings. The van der Waals surface area contributed by atoms with Gasteiger partial charge in [-0.2, -0.15) is 5.26 Å². The van der Waals surface area contributed by atoms with Crippen LogP contribution in [0.1, 0.15) is 50.3 Å². The van der Waals surface area contributed by atoms with E-state index >= 15 is 0 Å². The number of carbonyl (C=O) groups is 1. The monoisotopic (exact) mass is 388 g/mol. The van der Waals surface area contributed by atoms with Crippen molar-refractivity contribution in [3.8, 4) is 6.07 Å². The molecule has 4 rings (SSSR count). The number of anilines is 1. The molecule has 0 radical (unpaired) electrons. The number of nitrogens with zero attached hydrogens (tertiary/aromatic N) is 3. The molecular weight excluding hydrogens is 364 g/mol. The van der Waals surface area contributed by atoms with E-state index in [0.717, 1.165) is 30.3 Å². The first-order valence-corrected chi connectivity index (χ1v) is 9.92. The van der Waals surface area contributed by atoms with Gasteiger partial charge in [0.05, 0.1) is 34.2 Å². The third kappa shape index (κ3) is 3.39. The van der Waals surface area contributed by atoms with Crippen molar-refractivity contribution in [2.24, 2.45) is 5.92 Å². The van der Waals surface area contributed by atoms with Crippen LogP contribution in [0.3, 0.4) is 0 Å². The molecule has 1 saturated carbocycles. The zero-order chi connectivity index (χ0) is 20.6. The van der Waals surface area contributed by atoms with Crippen LogP contribution in [0.15, 0.2) is 48.5 Å². The van der Waals surface area contributed by atoms with E-state index in [1.54, 1.807) is 19.9 Å². The second-order valence-electron chi connectivity index (χ2n) is 7.93. The zero-order valence-electron chi connectivity index (χ0n) is 16.6. The number of benzene rings is 2. The molecule has 0 unspecified atom stereocenters. The van der Waals surface area contributed by atoms with Crippen molar-refractivity contribution < 1.29 is 9.90 Å². The first-order chi connectivity index (χ1) is 13.9. The summed E-state index contributed by atoms with van der Waals surface area (Å²) in [5.74, 6) is -0.509. The van der Waals surface area contributed by atoms with Gasteiger partial charge in [-0.25, -0.2) is 4.98 Å². The normalized spacial score (nSPS) is 17.2. The van der Waals surface area contributed by atoms with Gasteiger partial charge in [0.1, 0.15) is 0 Å². The number of aliphatic hydroxyl groups is 1. The lowest BCUT2D eigenvalue weighted by Gasteiger charge is -2.31. The molecule has 1 aliphatic rings. The SMILES string of the molecule is C[C@H](C(=O)Nc1nc2ccc(C#N)cc2n1C1CCC1)[C@](C)(O)c1ccccc1. The summed E-state index contributed by atoms with van der Waals surface area (Å²) in [6, 6.07) is 17.0. The van der Waals surface area contributed by atoms with E-state index in [0.29, 0.717) is 17.1 Å². The smallest absolute Gasteiger partial charge is 0.232 e. The van der Waals surface area contributed by atoms with Gasteiger partial charge in [0.2, 0.25) is 11.9 Å². The molecule has 6 heteroatoms. The molecule has 0 spiro atoms. The number of nitrogens with one attached hydrogen (secondary N) is 1. The van der Waals surface area contributed by atoms with Gasteiger partial charge < -0.3 is 9.67 Å². The molecule has 1 aromatic heterocycles. The van der Waals surface area contributed by atoms with Crippen LogP contribution >= 0.6 is 0 Å². The molecule has 0 bridgehead atoms.